The molecule has 1 atom stereocenters. The van der Waals surface area contributed by atoms with Crippen molar-refractivity contribution in [2.75, 3.05) is 31.6 Å². The summed E-state index contributed by atoms with van der Waals surface area (Å²) in [5.74, 6) is -2.47. The number of benzene rings is 2. The Morgan fingerprint density at radius 2 is 1.87 bits per heavy atom. The first kappa shape index (κ1) is 22.9. The van der Waals surface area contributed by atoms with Crippen LogP contribution in [0.5, 0.6) is 0 Å². The van der Waals surface area contributed by atoms with E-state index in [1.807, 2.05) is 30.3 Å². The number of hydrogen-bond acceptors (Lipinski definition) is 5. The Kier molecular flexibility index (Phi) is 7.73. The van der Waals surface area contributed by atoms with Crippen LogP contribution in [0.4, 0.5) is 14.5 Å². The summed E-state index contributed by atoms with van der Waals surface area (Å²) in [6, 6.07) is 12.2. The first-order valence-electron chi connectivity index (χ1n) is 9.72. The fourth-order valence-corrected chi connectivity index (χ4v) is 3.79. The van der Waals surface area contributed by atoms with Crippen LogP contribution >= 0.6 is 11.6 Å². The number of nitrogens with one attached hydrogen (secondary N) is 2. The second kappa shape index (κ2) is 10.5. The van der Waals surface area contributed by atoms with Crippen molar-refractivity contribution < 1.29 is 18.7 Å². The highest BCUT2D eigenvalue weighted by Gasteiger charge is 2.30. The van der Waals surface area contributed by atoms with Gasteiger partial charge in [0.05, 0.1) is 18.3 Å². The lowest BCUT2D eigenvalue weighted by Gasteiger charge is -2.42. The Morgan fingerprint density at radius 3 is 2.48 bits per heavy atom. The summed E-state index contributed by atoms with van der Waals surface area (Å²) in [6.45, 7) is 2.13. The van der Waals surface area contributed by atoms with Crippen molar-refractivity contribution >= 4 is 29.4 Å². The maximum Gasteiger partial charge on any atom is 0.269 e. The van der Waals surface area contributed by atoms with E-state index in [1.54, 1.807) is 4.90 Å². The van der Waals surface area contributed by atoms with Gasteiger partial charge in [0, 0.05) is 44.1 Å². The molecule has 2 aromatic rings. The number of hydrogen-bond donors (Lipinski definition) is 3. The van der Waals surface area contributed by atoms with Gasteiger partial charge in [0.15, 0.2) is 0 Å². The molecule has 0 aromatic heterocycles. The monoisotopic (exact) mass is 448 g/mol. The molecule has 1 saturated heterocycles. The molecule has 6 nitrogen and oxygen atoms in total. The molecule has 1 aliphatic rings. The summed E-state index contributed by atoms with van der Waals surface area (Å²) in [7, 11) is 0. The Balaban J connectivity index is 1.74. The zero-order valence-corrected chi connectivity index (χ0v) is 17.4. The third-order valence-corrected chi connectivity index (χ3v) is 5.38. The van der Waals surface area contributed by atoms with Gasteiger partial charge in [0.25, 0.3) is 5.91 Å². The number of piperazine rings is 1. The number of carbonyl (C=O) groups excluding carboxylic acids is 1. The first-order valence-corrected chi connectivity index (χ1v) is 10.1. The van der Waals surface area contributed by atoms with Gasteiger partial charge in [-0.25, -0.2) is 8.78 Å². The molecule has 2 aromatic carbocycles. The van der Waals surface area contributed by atoms with Crippen LogP contribution < -0.4 is 5.32 Å². The number of halogens is 3. The standard InChI is InChI=1S/C22H23ClF2N4O2/c23-21(22(31)27-18-9-16(24)8-17(25)10-18)20(11-26)29-7-6-28(13-19(29)14-30)12-15-4-2-1-3-5-15/h1-5,8-11,19,26,30H,6-7,12-14H2,(H,27,31). The van der Waals surface area contributed by atoms with Crippen LogP contribution in [-0.2, 0) is 11.3 Å². The van der Waals surface area contributed by atoms with Crippen LogP contribution in [0.25, 0.3) is 0 Å². The fourth-order valence-electron chi connectivity index (χ4n) is 3.58. The minimum absolute atomic E-state index is 0.0867. The second-order valence-corrected chi connectivity index (χ2v) is 7.58. The van der Waals surface area contributed by atoms with E-state index in [2.05, 4.69) is 10.2 Å². The van der Waals surface area contributed by atoms with Crippen LogP contribution in [0.2, 0.25) is 0 Å². The SMILES string of the molecule is N=CC(=C(Cl)C(=O)Nc1cc(F)cc(F)c1)N1CCN(Cc2ccccc2)CC1CO. The maximum atomic E-state index is 13.4. The van der Waals surface area contributed by atoms with E-state index >= 15 is 0 Å². The highest BCUT2D eigenvalue weighted by Crippen LogP contribution is 2.22. The van der Waals surface area contributed by atoms with Crippen molar-refractivity contribution in [3.63, 3.8) is 0 Å². The number of aliphatic hydroxyl groups is 1. The zero-order valence-electron chi connectivity index (χ0n) is 16.7. The molecule has 1 aliphatic heterocycles. The van der Waals surface area contributed by atoms with Crippen molar-refractivity contribution in [3.8, 4) is 0 Å². The Bertz CT molecular complexity index is 951. The maximum absolute atomic E-state index is 13.4. The summed E-state index contributed by atoms with van der Waals surface area (Å²) in [5.41, 5.74) is 1.20. The van der Waals surface area contributed by atoms with E-state index in [1.165, 1.54) is 0 Å². The van der Waals surface area contributed by atoms with Crippen molar-refractivity contribution in [3.05, 3.63) is 76.5 Å². The van der Waals surface area contributed by atoms with Crippen LogP contribution in [0, 0.1) is 17.0 Å². The number of allylic oxidation sites excluding steroid dienone is 1. The number of carbonyl (C=O) groups is 1. The van der Waals surface area contributed by atoms with E-state index < -0.39 is 17.5 Å². The van der Waals surface area contributed by atoms with Gasteiger partial charge in [-0.05, 0) is 17.7 Å². The molecule has 1 unspecified atom stereocenters. The topological polar surface area (TPSA) is 79.7 Å². The lowest BCUT2D eigenvalue weighted by atomic mass is 10.1. The summed E-state index contributed by atoms with van der Waals surface area (Å²) >= 11 is 6.24. The fraction of sp³-hybridized carbons (Fsp3) is 0.273. The average Bonchev–Trinajstić information content (AvgIpc) is 2.75. The quantitative estimate of drug-likeness (QED) is 0.449. The lowest BCUT2D eigenvalue weighted by molar-refractivity contribution is -0.112. The molecular formula is C22H23ClF2N4O2. The Morgan fingerprint density at radius 1 is 1.19 bits per heavy atom. The molecule has 3 rings (SSSR count). The van der Waals surface area contributed by atoms with Gasteiger partial charge in [-0.3, -0.25) is 9.69 Å². The van der Waals surface area contributed by atoms with Gasteiger partial charge in [-0.15, -0.1) is 0 Å². The number of anilines is 1. The first-order chi connectivity index (χ1) is 14.9. The highest BCUT2D eigenvalue weighted by molar-refractivity contribution is 6.45. The molecule has 9 heteroatoms. The molecule has 1 fully saturated rings. The predicted octanol–water partition coefficient (Wildman–Crippen LogP) is 3.18. The third kappa shape index (κ3) is 5.88. The second-order valence-electron chi connectivity index (χ2n) is 7.21. The van der Waals surface area contributed by atoms with Crippen LogP contribution in [-0.4, -0.2) is 59.3 Å². The number of rotatable bonds is 7. The van der Waals surface area contributed by atoms with E-state index in [4.69, 9.17) is 17.0 Å². The average molecular weight is 449 g/mol. The smallest absolute Gasteiger partial charge is 0.269 e. The predicted molar refractivity (Wildman–Crippen MR) is 116 cm³/mol. The van der Waals surface area contributed by atoms with Crippen LogP contribution in [0.3, 0.4) is 0 Å². The number of aliphatic hydroxyl groups excluding tert-OH is 1. The number of nitrogens with zero attached hydrogens (tertiary/aromatic N) is 2. The molecule has 164 valence electrons. The highest BCUT2D eigenvalue weighted by atomic mass is 35.5. The van der Waals surface area contributed by atoms with Crippen molar-refractivity contribution in [1.82, 2.24) is 9.80 Å². The molecule has 0 spiro atoms. The largest absolute Gasteiger partial charge is 0.394 e. The minimum atomic E-state index is -0.836. The van der Waals surface area contributed by atoms with E-state index in [0.717, 1.165) is 23.9 Å². The van der Waals surface area contributed by atoms with Gasteiger partial charge >= 0.3 is 0 Å². The van der Waals surface area contributed by atoms with Crippen molar-refractivity contribution in [2.45, 2.75) is 12.6 Å². The van der Waals surface area contributed by atoms with E-state index in [9.17, 15) is 18.7 Å². The van der Waals surface area contributed by atoms with Gasteiger partial charge in [-0.2, -0.15) is 0 Å². The van der Waals surface area contributed by atoms with Gasteiger partial charge in [0.2, 0.25) is 0 Å². The summed E-state index contributed by atoms with van der Waals surface area (Å²) in [5, 5.41) is 19.7. The molecular weight excluding hydrogens is 426 g/mol. The molecule has 0 bridgehead atoms. The molecule has 1 amide bonds. The number of amides is 1. The molecule has 1 heterocycles. The zero-order chi connectivity index (χ0) is 22.4. The van der Waals surface area contributed by atoms with Gasteiger partial charge < -0.3 is 20.7 Å². The van der Waals surface area contributed by atoms with E-state index in [-0.39, 0.29) is 29.1 Å². The minimum Gasteiger partial charge on any atom is -0.394 e. The van der Waals surface area contributed by atoms with Crippen molar-refractivity contribution in [2.24, 2.45) is 0 Å². The third-order valence-electron chi connectivity index (χ3n) is 5.02. The molecule has 0 radical (unpaired) electrons. The van der Waals surface area contributed by atoms with Gasteiger partial charge in [0.1, 0.15) is 16.7 Å². The normalized spacial score (nSPS) is 17.8. The molecule has 0 saturated carbocycles. The van der Waals surface area contributed by atoms with Crippen LogP contribution in [0.15, 0.2) is 59.3 Å². The molecule has 0 aliphatic carbocycles. The van der Waals surface area contributed by atoms with Crippen molar-refractivity contribution in [1.29, 1.82) is 5.41 Å². The van der Waals surface area contributed by atoms with Gasteiger partial charge in [-0.1, -0.05) is 41.9 Å². The van der Waals surface area contributed by atoms with Crippen LogP contribution in [0.1, 0.15) is 5.56 Å². The lowest BCUT2D eigenvalue weighted by Crippen LogP contribution is -2.54. The summed E-state index contributed by atoms with van der Waals surface area (Å²) in [6.07, 6.45) is 0.948. The molecule has 3 N–H and O–H groups in total. The Hall–Kier alpha value is -2.81. The summed E-state index contributed by atoms with van der Waals surface area (Å²) < 4.78 is 26.7. The van der Waals surface area contributed by atoms with E-state index in [0.29, 0.717) is 32.2 Å². The molecule has 31 heavy (non-hydrogen) atoms. The summed E-state index contributed by atoms with van der Waals surface area (Å²) in [4.78, 5) is 16.4. The Labute approximate surface area is 184 Å².